The number of anilines is 1. The lowest BCUT2D eigenvalue weighted by molar-refractivity contribution is -0.134. The van der Waals surface area contributed by atoms with E-state index in [9.17, 15) is 18.0 Å². The Balaban J connectivity index is 1.56. The minimum absolute atomic E-state index is 0.00798. The summed E-state index contributed by atoms with van der Waals surface area (Å²) < 4.78 is 35.4. The summed E-state index contributed by atoms with van der Waals surface area (Å²) in [5, 5.41) is 0.302. The van der Waals surface area contributed by atoms with E-state index in [0.717, 1.165) is 0 Å². The van der Waals surface area contributed by atoms with E-state index in [-0.39, 0.29) is 23.9 Å². The first-order valence-corrected chi connectivity index (χ1v) is 13.9. The molecule has 2 aliphatic heterocycles. The SMILES string of the molecule is CN1CCN(C[C@H]2CN(S(=O)(=O)c3cccc(Cl)c3)c3cc(-c4ccccc4C(N)=O)ccc3O2)CC1=O. The Morgan fingerprint density at radius 3 is 2.61 bits per heavy atom. The number of benzene rings is 3. The van der Waals surface area contributed by atoms with Gasteiger partial charge >= 0.3 is 0 Å². The van der Waals surface area contributed by atoms with E-state index >= 15 is 0 Å². The highest BCUT2D eigenvalue weighted by Gasteiger charge is 2.36. The number of rotatable bonds is 6. The van der Waals surface area contributed by atoms with Gasteiger partial charge in [0, 0.05) is 37.3 Å². The third-order valence-corrected chi connectivity index (χ3v) is 8.79. The number of fused-ring (bicyclic) bond motifs is 1. The average molecular weight is 555 g/mol. The summed E-state index contributed by atoms with van der Waals surface area (Å²) in [6.07, 6.45) is -0.517. The molecule has 0 bridgehead atoms. The Morgan fingerprint density at radius 1 is 1.08 bits per heavy atom. The van der Waals surface area contributed by atoms with Crippen molar-refractivity contribution in [2.75, 3.05) is 44.1 Å². The molecule has 2 aliphatic rings. The van der Waals surface area contributed by atoms with Crippen molar-refractivity contribution in [3.63, 3.8) is 0 Å². The predicted octanol–water partition coefficient (Wildman–Crippen LogP) is 2.84. The molecule has 0 radical (unpaired) electrons. The van der Waals surface area contributed by atoms with Crippen molar-refractivity contribution in [3.8, 4) is 16.9 Å². The van der Waals surface area contributed by atoms with Crippen molar-refractivity contribution in [3.05, 3.63) is 77.3 Å². The van der Waals surface area contributed by atoms with E-state index in [1.807, 2.05) is 4.90 Å². The number of halogens is 1. The van der Waals surface area contributed by atoms with Gasteiger partial charge in [-0.15, -0.1) is 0 Å². The van der Waals surface area contributed by atoms with E-state index in [0.29, 0.717) is 52.8 Å². The zero-order valence-electron chi connectivity index (χ0n) is 20.7. The third-order valence-electron chi connectivity index (χ3n) is 6.78. The largest absolute Gasteiger partial charge is 0.485 e. The first-order chi connectivity index (χ1) is 18.1. The molecule has 0 aromatic heterocycles. The second-order valence-corrected chi connectivity index (χ2v) is 11.7. The maximum atomic E-state index is 13.9. The summed E-state index contributed by atoms with van der Waals surface area (Å²) >= 11 is 6.13. The van der Waals surface area contributed by atoms with Gasteiger partial charge in [-0.1, -0.05) is 41.9 Å². The van der Waals surface area contributed by atoms with Gasteiger partial charge in [-0.3, -0.25) is 18.8 Å². The molecule has 5 rings (SSSR count). The van der Waals surface area contributed by atoms with E-state index in [1.165, 1.54) is 16.4 Å². The minimum atomic E-state index is -4.03. The Hall–Kier alpha value is -3.60. The predicted molar refractivity (Wildman–Crippen MR) is 145 cm³/mol. The number of hydrogen-bond acceptors (Lipinski definition) is 6. The minimum Gasteiger partial charge on any atom is -0.485 e. The highest BCUT2D eigenvalue weighted by Crippen LogP contribution is 2.41. The Bertz CT molecular complexity index is 1510. The molecule has 0 spiro atoms. The van der Waals surface area contributed by atoms with E-state index < -0.39 is 22.0 Å². The number of sulfonamides is 1. The lowest BCUT2D eigenvalue weighted by atomic mass is 9.98. The molecular weight excluding hydrogens is 528 g/mol. The Morgan fingerprint density at radius 2 is 1.87 bits per heavy atom. The summed E-state index contributed by atoms with van der Waals surface area (Å²) in [7, 11) is -2.27. The molecule has 9 nitrogen and oxygen atoms in total. The van der Waals surface area contributed by atoms with Crippen molar-refractivity contribution in [1.29, 1.82) is 0 Å². The lowest BCUT2D eigenvalue weighted by Crippen LogP contribution is -2.54. The number of carbonyl (C=O) groups excluding carboxylic acids is 2. The van der Waals surface area contributed by atoms with Crippen LogP contribution in [0.5, 0.6) is 5.75 Å². The normalized spacial score (nSPS) is 18.2. The van der Waals surface area contributed by atoms with Crippen LogP contribution in [0.15, 0.2) is 71.6 Å². The Labute approximate surface area is 226 Å². The van der Waals surface area contributed by atoms with Crippen LogP contribution >= 0.6 is 11.6 Å². The maximum absolute atomic E-state index is 13.9. The van der Waals surface area contributed by atoms with Crippen molar-refractivity contribution < 1.29 is 22.7 Å². The number of nitrogens with zero attached hydrogens (tertiary/aromatic N) is 3. The number of primary amides is 1. The lowest BCUT2D eigenvalue weighted by Gasteiger charge is -2.39. The van der Waals surface area contributed by atoms with E-state index in [4.69, 9.17) is 22.1 Å². The summed E-state index contributed by atoms with van der Waals surface area (Å²) in [5.41, 5.74) is 7.46. The highest BCUT2D eigenvalue weighted by molar-refractivity contribution is 7.92. The van der Waals surface area contributed by atoms with Crippen LogP contribution < -0.4 is 14.8 Å². The number of carbonyl (C=O) groups is 2. The van der Waals surface area contributed by atoms with Gasteiger partial charge in [-0.05, 0) is 47.5 Å². The van der Waals surface area contributed by atoms with Gasteiger partial charge in [-0.25, -0.2) is 8.42 Å². The quantitative estimate of drug-likeness (QED) is 0.501. The molecule has 1 saturated heterocycles. The number of hydrogen-bond donors (Lipinski definition) is 1. The van der Waals surface area contributed by atoms with Crippen molar-refractivity contribution in [2.24, 2.45) is 5.73 Å². The summed E-state index contributed by atoms with van der Waals surface area (Å²) in [4.78, 5) is 28.0. The van der Waals surface area contributed by atoms with Crippen molar-refractivity contribution >= 4 is 39.1 Å². The van der Waals surface area contributed by atoms with Crippen LogP contribution in [0.1, 0.15) is 10.4 Å². The van der Waals surface area contributed by atoms with E-state index in [1.54, 1.807) is 66.5 Å². The van der Waals surface area contributed by atoms with E-state index in [2.05, 4.69) is 0 Å². The van der Waals surface area contributed by atoms with Gasteiger partial charge in [0.05, 0.1) is 23.7 Å². The van der Waals surface area contributed by atoms with Gasteiger partial charge in [0.15, 0.2) is 0 Å². The molecule has 1 atom stereocenters. The third kappa shape index (κ3) is 5.07. The van der Waals surface area contributed by atoms with Crippen LogP contribution in [0.2, 0.25) is 5.02 Å². The van der Waals surface area contributed by atoms with Crippen LogP contribution in [-0.4, -0.2) is 75.9 Å². The summed E-state index contributed by atoms with van der Waals surface area (Å²) in [6.45, 7) is 1.91. The fourth-order valence-corrected chi connectivity index (χ4v) is 6.56. The molecule has 3 aromatic carbocycles. The van der Waals surface area contributed by atoms with Crippen LogP contribution in [0.3, 0.4) is 0 Å². The summed E-state index contributed by atoms with van der Waals surface area (Å²) in [6, 6.07) is 18.1. The first kappa shape index (κ1) is 26.0. The number of amides is 2. The first-order valence-electron chi connectivity index (χ1n) is 12.1. The fourth-order valence-electron chi connectivity index (χ4n) is 4.76. The van der Waals surface area contributed by atoms with Gasteiger partial charge in [-0.2, -0.15) is 0 Å². The van der Waals surface area contributed by atoms with Gasteiger partial charge in [0.25, 0.3) is 10.0 Å². The number of nitrogens with two attached hydrogens (primary N) is 1. The Kier molecular flexibility index (Phi) is 7.04. The standard InChI is InChI=1S/C27H27ClN4O5S/c1-30-11-12-31(17-26(30)33)15-20-16-32(38(35,36)21-6-4-5-19(28)14-21)24-13-18(9-10-25(24)37-20)22-7-2-3-8-23(22)27(29)34/h2-10,13-14,20H,11-12,15-17H2,1H3,(H2,29,34)/t20-/m0/s1. The molecular formula is C27H27ClN4O5S. The van der Waals surface area contributed by atoms with Crippen LogP contribution in [0.4, 0.5) is 5.69 Å². The average Bonchev–Trinajstić information content (AvgIpc) is 2.90. The summed E-state index contributed by atoms with van der Waals surface area (Å²) in [5.74, 6) is -0.194. The number of ether oxygens (including phenoxy) is 1. The van der Waals surface area contributed by atoms with Crippen LogP contribution in [0, 0.1) is 0 Å². The molecule has 2 N–H and O–H groups in total. The van der Waals surface area contributed by atoms with Gasteiger partial charge < -0.3 is 15.4 Å². The molecule has 0 saturated carbocycles. The zero-order valence-corrected chi connectivity index (χ0v) is 22.3. The maximum Gasteiger partial charge on any atom is 0.264 e. The molecule has 2 amide bonds. The number of piperazine rings is 1. The van der Waals surface area contributed by atoms with Gasteiger partial charge in [0.2, 0.25) is 11.8 Å². The van der Waals surface area contributed by atoms with Crippen molar-refractivity contribution in [1.82, 2.24) is 9.80 Å². The topological polar surface area (TPSA) is 113 Å². The monoisotopic (exact) mass is 554 g/mol. The molecule has 2 heterocycles. The van der Waals surface area contributed by atoms with Crippen LogP contribution in [0.25, 0.3) is 11.1 Å². The highest BCUT2D eigenvalue weighted by atomic mass is 35.5. The molecule has 0 unspecified atom stereocenters. The van der Waals surface area contributed by atoms with Crippen LogP contribution in [-0.2, 0) is 14.8 Å². The second-order valence-electron chi connectivity index (χ2n) is 9.38. The molecule has 198 valence electrons. The van der Waals surface area contributed by atoms with Gasteiger partial charge in [0.1, 0.15) is 11.9 Å². The molecule has 3 aromatic rings. The zero-order chi connectivity index (χ0) is 27.0. The molecule has 11 heteroatoms. The fraction of sp³-hybridized carbons (Fsp3) is 0.259. The van der Waals surface area contributed by atoms with Crippen molar-refractivity contribution in [2.45, 2.75) is 11.0 Å². The molecule has 38 heavy (non-hydrogen) atoms. The molecule has 1 fully saturated rings. The smallest absolute Gasteiger partial charge is 0.264 e. The number of likely N-dealkylation sites (N-methyl/N-ethyl adjacent to an activating group) is 1. The molecule has 0 aliphatic carbocycles. The second kappa shape index (κ2) is 10.3.